The molecule has 0 radical (unpaired) electrons. The maximum Gasteiger partial charge on any atom is 0.272 e. The zero-order chi connectivity index (χ0) is 22.7. The third kappa shape index (κ3) is 5.12. The van der Waals surface area contributed by atoms with Gasteiger partial charge in [0.1, 0.15) is 0 Å². The first-order chi connectivity index (χ1) is 15.4. The largest absolute Gasteiger partial charge is 0.351 e. The molecular formula is C24H25Cl3N4O. The Bertz CT molecular complexity index is 1110. The minimum atomic E-state index is -0.192. The van der Waals surface area contributed by atoms with Crippen molar-refractivity contribution in [3.05, 3.63) is 68.8 Å². The molecule has 8 heteroatoms. The van der Waals surface area contributed by atoms with Crippen LogP contribution in [-0.2, 0) is 0 Å². The Morgan fingerprint density at radius 1 is 1.03 bits per heavy atom. The number of hydrogen-bond donors (Lipinski definition) is 1. The summed E-state index contributed by atoms with van der Waals surface area (Å²) in [5.74, 6) is -0.192. The third-order valence-electron chi connectivity index (χ3n) is 5.73. The number of aromatic nitrogens is 2. The Morgan fingerprint density at radius 3 is 2.41 bits per heavy atom. The number of amides is 1. The Balaban J connectivity index is 1.62. The fraction of sp³-hybridized carbons (Fsp3) is 0.333. The molecule has 0 aliphatic carbocycles. The summed E-state index contributed by atoms with van der Waals surface area (Å²) in [5.41, 5.74) is 3.47. The van der Waals surface area contributed by atoms with Gasteiger partial charge in [-0.1, -0.05) is 46.9 Å². The smallest absolute Gasteiger partial charge is 0.272 e. The molecule has 1 aromatic heterocycles. The van der Waals surface area contributed by atoms with Gasteiger partial charge in [-0.25, -0.2) is 4.68 Å². The topological polar surface area (TPSA) is 50.2 Å². The van der Waals surface area contributed by atoms with Crippen molar-refractivity contribution in [1.82, 2.24) is 20.0 Å². The van der Waals surface area contributed by atoms with Gasteiger partial charge in [0.2, 0.25) is 0 Å². The predicted molar refractivity (Wildman–Crippen MR) is 131 cm³/mol. The predicted octanol–water partition coefficient (Wildman–Crippen LogP) is 6.02. The van der Waals surface area contributed by atoms with E-state index < -0.39 is 0 Å². The maximum absolute atomic E-state index is 13.0. The highest BCUT2D eigenvalue weighted by Gasteiger charge is 2.23. The standard InChI is InChI=1S/C24H25Cl3N4O/c1-16-22(24(32)28-11-4-14-30-12-2-3-13-30)29-31(21-10-9-19(26)15-20(21)27)23(16)17-5-7-18(25)8-6-17/h5-10,15H,2-4,11-14H2,1H3,(H,28,32). The highest BCUT2D eigenvalue weighted by atomic mass is 35.5. The lowest BCUT2D eigenvalue weighted by Crippen LogP contribution is -2.29. The van der Waals surface area contributed by atoms with Crippen molar-refractivity contribution in [2.24, 2.45) is 0 Å². The molecule has 1 aliphatic heterocycles. The number of nitrogens with zero attached hydrogens (tertiary/aromatic N) is 3. The average Bonchev–Trinajstić information content (AvgIpc) is 3.40. The van der Waals surface area contributed by atoms with E-state index in [0.29, 0.717) is 33.0 Å². The number of nitrogens with one attached hydrogen (secondary N) is 1. The lowest BCUT2D eigenvalue weighted by Gasteiger charge is -2.14. The van der Waals surface area contributed by atoms with Gasteiger partial charge >= 0.3 is 0 Å². The summed E-state index contributed by atoms with van der Waals surface area (Å²) >= 11 is 18.7. The van der Waals surface area contributed by atoms with Gasteiger partial charge in [-0.15, -0.1) is 0 Å². The van der Waals surface area contributed by atoms with Crippen molar-refractivity contribution in [3.8, 4) is 16.9 Å². The second-order valence-electron chi connectivity index (χ2n) is 7.99. The van der Waals surface area contributed by atoms with Crippen LogP contribution in [0.4, 0.5) is 0 Å². The molecule has 1 aliphatic rings. The van der Waals surface area contributed by atoms with Crippen LogP contribution in [0.5, 0.6) is 0 Å². The molecule has 0 spiro atoms. The first-order valence-electron chi connectivity index (χ1n) is 10.8. The van der Waals surface area contributed by atoms with Gasteiger partial charge in [-0.2, -0.15) is 5.10 Å². The van der Waals surface area contributed by atoms with E-state index in [0.717, 1.165) is 42.9 Å². The minimum absolute atomic E-state index is 0.192. The van der Waals surface area contributed by atoms with Crippen molar-refractivity contribution in [1.29, 1.82) is 0 Å². The quantitative estimate of drug-likeness (QED) is 0.411. The number of carbonyl (C=O) groups excluding carboxylic acids is 1. The van der Waals surface area contributed by atoms with Gasteiger partial charge in [0.25, 0.3) is 5.91 Å². The van der Waals surface area contributed by atoms with Gasteiger partial charge in [0, 0.05) is 27.7 Å². The molecule has 0 saturated carbocycles. The Labute approximate surface area is 203 Å². The second kappa shape index (κ2) is 10.3. The first kappa shape index (κ1) is 23.1. The zero-order valence-corrected chi connectivity index (χ0v) is 20.1. The first-order valence-corrected chi connectivity index (χ1v) is 11.9. The van der Waals surface area contributed by atoms with Gasteiger partial charge in [0.05, 0.1) is 16.4 Å². The molecule has 168 valence electrons. The van der Waals surface area contributed by atoms with E-state index in [-0.39, 0.29) is 5.91 Å². The molecule has 2 heterocycles. The van der Waals surface area contributed by atoms with E-state index in [2.05, 4.69) is 15.3 Å². The molecule has 4 rings (SSSR count). The molecular weight excluding hydrogens is 467 g/mol. The van der Waals surface area contributed by atoms with E-state index in [1.165, 1.54) is 12.8 Å². The third-order valence-corrected chi connectivity index (χ3v) is 6.52. The van der Waals surface area contributed by atoms with E-state index in [1.54, 1.807) is 22.9 Å². The van der Waals surface area contributed by atoms with Gasteiger partial charge < -0.3 is 10.2 Å². The van der Waals surface area contributed by atoms with Crippen LogP contribution in [0.15, 0.2) is 42.5 Å². The highest BCUT2D eigenvalue weighted by Crippen LogP contribution is 2.33. The Morgan fingerprint density at radius 2 is 1.72 bits per heavy atom. The lowest BCUT2D eigenvalue weighted by atomic mass is 10.1. The molecule has 3 aromatic rings. The van der Waals surface area contributed by atoms with Crippen LogP contribution in [-0.4, -0.2) is 46.8 Å². The fourth-order valence-electron chi connectivity index (χ4n) is 4.08. The number of likely N-dealkylation sites (tertiary alicyclic amines) is 1. The highest BCUT2D eigenvalue weighted by molar-refractivity contribution is 6.35. The summed E-state index contributed by atoms with van der Waals surface area (Å²) in [6.45, 7) is 5.83. The summed E-state index contributed by atoms with van der Waals surface area (Å²) in [5, 5.41) is 9.31. The summed E-state index contributed by atoms with van der Waals surface area (Å²) in [6, 6.07) is 12.7. The number of benzene rings is 2. The molecule has 5 nitrogen and oxygen atoms in total. The summed E-state index contributed by atoms with van der Waals surface area (Å²) in [4.78, 5) is 15.4. The summed E-state index contributed by atoms with van der Waals surface area (Å²) in [7, 11) is 0. The van der Waals surface area contributed by atoms with Crippen LogP contribution in [0.3, 0.4) is 0 Å². The van der Waals surface area contributed by atoms with Crippen molar-refractivity contribution in [2.45, 2.75) is 26.2 Å². The summed E-state index contributed by atoms with van der Waals surface area (Å²) in [6.07, 6.45) is 3.45. The number of hydrogen-bond acceptors (Lipinski definition) is 3. The van der Waals surface area contributed by atoms with Crippen LogP contribution in [0.25, 0.3) is 16.9 Å². The van der Waals surface area contributed by atoms with Gasteiger partial charge in [-0.05, 0) is 76.2 Å². The minimum Gasteiger partial charge on any atom is -0.351 e. The van der Waals surface area contributed by atoms with Crippen molar-refractivity contribution in [3.63, 3.8) is 0 Å². The maximum atomic E-state index is 13.0. The molecule has 0 unspecified atom stereocenters. The molecule has 1 amide bonds. The van der Waals surface area contributed by atoms with E-state index >= 15 is 0 Å². The average molecular weight is 492 g/mol. The zero-order valence-electron chi connectivity index (χ0n) is 17.9. The van der Waals surface area contributed by atoms with Crippen LogP contribution in [0.1, 0.15) is 35.3 Å². The fourth-order valence-corrected chi connectivity index (χ4v) is 4.69. The van der Waals surface area contributed by atoms with Crippen LogP contribution in [0, 0.1) is 6.92 Å². The van der Waals surface area contributed by atoms with Crippen LogP contribution >= 0.6 is 34.8 Å². The van der Waals surface area contributed by atoms with Gasteiger partial charge in [0.15, 0.2) is 5.69 Å². The Hall–Kier alpha value is -2.05. The normalized spacial score (nSPS) is 14.1. The van der Waals surface area contributed by atoms with Crippen molar-refractivity contribution in [2.75, 3.05) is 26.2 Å². The molecule has 1 N–H and O–H groups in total. The molecule has 1 fully saturated rings. The monoisotopic (exact) mass is 490 g/mol. The number of halogens is 3. The molecule has 32 heavy (non-hydrogen) atoms. The molecule has 0 bridgehead atoms. The van der Waals surface area contributed by atoms with Crippen LogP contribution < -0.4 is 5.32 Å². The lowest BCUT2D eigenvalue weighted by molar-refractivity contribution is 0.0946. The number of rotatable bonds is 7. The van der Waals surface area contributed by atoms with Crippen LogP contribution in [0.2, 0.25) is 15.1 Å². The van der Waals surface area contributed by atoms with Crippen molar-refractivity contribution < 1.29 is 4.79 Å². The molecule has 0 atom stereocenters. The second-order valence-corrected chi connectivity index (χ2v) is 9.27. The molecule has 2 aromatic carbocycles. The van der Waals surface area contributed by atoms with Crippen molar-refractivity contribution >= 4 is 40.7 Å². The molecule has 1 saturated heterocycles. The summed E-state index contributed by atoms with van der Waals surface area (Å²) < 4.78 is 1.70. The van der Waals surface area contributed by atoms with E-state index in [9.17, 15) is 4.79 Å². The number of carbonyl (C=O) groups is 1. The van der Waals surface area contributed by atoms with Gasteiger partial charge in [-0.3, -0.25) is 4.79 Å². The van der Waals surface area contributed by atoms with E-state index in [1.807, 2.05) is 31.2 Å². The Kier molecular flexibility index (Phi) is 7.41. The van der Waals surface area contributed by atoms with E-state index in [4.69, 9.17) is 34.8 Å². The SMILES string of the molecule is Cc1c(C(=O)NCCCN2CCCC2)nn(-c2ccc(Cl)cc2Cl)c1-c1ccc(Cl)cc1.